The zero-order chi connectivity index (χ0) is 21.6. The lowest BCUT2D eigenvalue weighted by Crippen LogP contribution is -2.28. The Labute approximate surface area is 181 Å². The molecule has 0 radical (unpaired) electrons. The number of fused-ring (bicyclic) bond motifs is 1. The molecule has 158 valence electrons. The van der Waals surface area contributed by atoms with Gasteiger partial charge in [0.2, 0.25) is 11.8 Å². The smallest absolute Gasteiger partial charge is 0.236 e. The maximum absolute atomic E-state index is 13.3. The van der Waals surface area contributed by atoms with Crippen LogP contribution in [0.5, 0.6) is 11.6 Å². The highest BCUT2D eigenvalue weighted by Crippen LogP contribution is 2.50. The number of methoxy groups -OCH3 is 1. The number of ether oxygens (including phenoxy) is 2. The van der Waals surface area contributed by atoms with Crippen LogP contribution in [-0.2, 0) is 16.6 Å². The predicted molar refractivity (Wildman–Crippen MR) is 119 cm³/mol. The van der Waals surface area contributed by atoms with Crippen molar-refractivity contribution in [2.24, 2.45) is 0 Å². The van der Waals surface area contributed by atoms with Crippen molar-refractivity contribution in [2.75, 3.05) is 19.0 Å². The Kier molecular flexibility index (Phi) is 4.65. The molecule has 5 rings (SSSR count). The summed E-state index contributed by atoms with van der Waals surface area (Å²) in [5.41, 5.74) is 5.63. The van der Waals surface area contributed by atoms with Crippen LogP contribution in [0, 0.1) is 13.8 Å². The van der Waals surface area contributed by atoms with Crippen molar-refractivity contribution in [3.8, 4) is 22.9 Å². The van der Waals surface area contributed by atoms with Crippen LogP contribution in [0.3, 0.4) is 0 Å². The Morgan fingerprint density at radius 3 is 2.77 bits per heavy atom. The van der Waals surface area contributed by atoms with E-state index in [0.717, 1.165) is 53.0 Å². The number of anilines is 1. The highest BCUT2D eigenvalue weighted by Gasteiger charge is 2.51. The second-order valence-corrected chi connectivity index (χ2v) is 8.34. The number of hydrogen-bond acceptors (Lipinski definition) is 5. The van der Waals surface area contributed by atoms with Gasteiger partial charge in [-0.3, -0.25) is 4.79 Å². The van der Waals surface area contributed by atoms with E-state index in [0.29, 0.717) is 18.3 Å². The van der Waals surface area contributed by atoms with E-state index in [-0.39, 0.29) is 5.91 Å². The molecule has 1 saturated carbocycles. The van der Waals surface area contributed by atoms with Gasteiger partial charge in [-0.15, -0.1) is 0 Å². The maximum Gasteiger partial charge on any atom is 0.236 e. The Morgan fingerprint density at radius 1 is 1.16 bits per heavy atom. The first kappa shape index (κ1) is 19.5. The van der Waals surface area contributed by atoms with E-state index in [4.69, 9.17) is 14.5 Å². The third kappa shape index (κ3) is 3.42. The lowest BCUT2D eigenvalue weighted by molar-refractivity contribution is -0.118. The molecule has 6 nitrogen and oxygen atoms in total. The Balaban J connectivity index is 1.45. The van der Waals surface area contributed by atoms with Crippen molar-refractivity contribution in [3.63, 3.8) is 0 Å². The van der Waals surface area contributed by atoms with E-state index >= 15 is 0 Å². The van der Waals surface area contributed by atoms with Crippen LogP contribution >= 0.6 is 0 Å². The molecule has 1 aliphatic carbocycles. The third-order valence-corrected chi connectivity index (χ3v) is 6.42. The molecule has 1 aromatic carbocycles. The van der Waals surface area contributed by atoms with Crippen LogP contribution in [-0.4, -0.2) is 29.6 Å². The molecule has 1 aliphatic heterocycles. The van der Waals surface area contributed by atoms with Crippen LogP contribution in [0.1, 0.15) is 35.1 Å². The van der Waals surface area contributed by atoms with E-state index in [9.17, 15) is 4.79 Å². The van der Waals surface area contributed by atoms with Gasteiger partial charge in [0.15, 0.2) is 0 Å². The SMILES string of the molecule is COc1cc(-c2nc(NC(=O)C3(c4ccc5c(c4)CCO5)CC3)cc(C)c2C)ccn1. The fourth-order valence-corrected chi connectivity index (χ4v) is 4.24. The molecular weight excluding hydrogens is 390 g/mol. The summed E-state index contributed by atoms with van der Waals surface area (Å²) >= 11 is 0. The van der Waals surface area contributed by atoms with Gasteiger partial charge in [-0.2, -0.15) is 0 Å². The first-order valence-electron chi connectivity index (χ1n) is 10.6. The van der Waals surface area contributed by atoms with Gasteiger partial charge in [0.05, 0.1) is 24.8 Å². The summed E-state index contributed by atoms with van der Waals surface area (Å²) in [4.78, 5) is 22.3. The van der Waals surface area contributed by atoms with Gasteiger partial charge < -0.3 is 14.8 Å². The molecule has 0 bridgehead atoms. The number of aromatic nitrogens is 2. The molecule has 0 unspecified atom stereocenters. The number of benzene rings is 1. The predicted octanol–water partition coefficient (Wildman–Crippen LogP) is 4.37. The van der Waals surface area contributed by atoms with Crippen LogP contribution in [0.4, 0.5) is 5.82 Å². The summed E-state index contributed by atoms with van der Waals surface area (Å²) in [5.74, 6) is 2.03. The van der Waals surface area contributed by atoms with Crippen LogP contribution in [0.2, 0.25) is 0 Å². The van der Waals surface area contributed by atoms with Crippen molar-refractivity contribution >= 4 is 11.7 Å². The van der Waals surface area contributed by atoms with E-state index in [2.05, 4.69) is 16.4 Å². The van der Waals surface area contributed by atoms with Crippen molar-refractivity contribution in [2.45, 2.75) is 38.5 Å². The highest BCUT2D eigenvalue weighted by atomic mass is 16.5. The average molecular weight is 415 g/mol. The minimum atomic E-state index is -0.474. The quantitative estimate of drug-likeness (QED) is 0.670. The standard InChI is InChI=1S/C25H25N3O3/c1-15-12-21(27-23(16(15)2)18-6-10-26-22(14-18)30-3)28-24(29)25(8-9-25)19-4-5-20-17(13-19)7-11-31-20/h4-6,10,12-14H,7-9,11H2,1-3H3,(H,27,28,29). The molecule has 0 saturated heterocycles. The second-order valence-electron chi connectivity index (χ2n) is 8.34. The van der Waals surface area contributed by atoms with Crippen molar-refractivity contribution in [1.82, 2.24) is 9.97 Å². The molecule has 3 heterocycles. The lowest BCUT2D eigenvalue weighted by atomic mass is 9.92. The molecule has 6 heteroatoms. The number of rotatable bonds is 5. The molecule has 1 amide bonds. The van der Waals surface area contributed by atoms with Gasteiger partial charge >= 0.3 is 0 Å². The normalized spacial score (nSPS) is 15.7. The lowest BCUT2D eigenvalue weighted by Gasteiger charge is -2.18. The summed E-state index contributed by atoms with van der Waals surface area (Å²) in [5, 5.41) is 3.09. The zero-order valence-corrected chi connectivity index (χ0v) is 18.0. The van der Waals surface area contributed by atoms with E-state index < -0.39 is 5.41 Å². The largest absolute Gasteiger partial charge is 0.493 e. The second kappa shape index (κ2) is 7.38. The number of amides is 1. The van der Waals surface area contributed by atoms with Crippen LogP contribution in [0.15, 0.2) is 42.6 Å². The minimum absolute atomic E-state index is 0.000349. The summed E-state index contributed by atoms with van der Waals surface area (Å²) < 4.78 is 10.9. The fraction of sp³-hybridized carbons (Fsp3) is 0.320. The molecule has 1 fully saturated rings. The van der Waals surface area contributed by atoms with E-state index in [1.54, 1.807) is 13.3 Å². The first-order chi connectivity index (χ1) is 15.0. The van der Waals surface area contributed by atoms with E-state index in [1.165, 1.54) is 5.56 Å². The summed E-state index contributed by atoms with van der Waals surface area (Å²) in [6.45, 7) is 4.78. The molecule has 2 aliphatic rings. The summed E-state index contributed by atoms with van der Waals surface area (Å²) in [6.07, 6.45) is 4.29. The van der Waals surface area contributed by atoms with Gasteiger partial charge in [-0.05, 0) is 67.1 Å². The molecular formula is C25H25N3O3. The number of aryl methyl sites for hydroxylation is 1. The number of nitrogens with zero attached hydrogens (tertiary/aromatic N) is 2. The number of hydrogen-bond donors (Lipinski definition) is 1. The van der Waals surface area contributed by atoms with Crippen molar-refractivity contribution < 1.29 is 14.3 Å². The summed E-state index contributed by atoms with van der Waals surface area (Å²) in [7, 11) is 1.59. The Bertz CT molecular complexity index is 1180. The number of carbonyl (C=O) groups is 1. The molecule has 1 N–H and O–H groups in total. The number of carbonyl (C=O) groups excluding carboxylic acids is 1. The Hall–Kier alpha value is -3.41. The van der Waals surface area contributed by atoms with Gasteiger partial charge in [0, 0.05) is 24.2 Å². The van der Waals surface area contributed by atoms with Crippen molar-refractivity contribution in [3.05, 3.63) is 64.8 Å². The van der Waals surface area contributed by atoms with Gasteiger partial charge in [0.25, 0.3) is 0 Å². The Morgan fingerprint density at radius 2 is 2.00 bits per heavy atom. The van der Waals surface area contributed by atoms with Gasteiger partial charge in [-0.1, -0.05) is 12.1 Å². The zero-order valence-electron chi connectivity index (χ0n) is 18.0. The molecule has 3 aromatic rings. The van der Waals surface area contributed by atoms with E-state index in [1.807, 2.05) is 44.2 Å². The van der Waals surface area contributed by atoms with Crippen LogP contribution in [0.25, 0.3) is 11.3 Å². The number of nitrogens with one attached hydrogen (secondary N) is 1. The third-order valence-electron chi connectivity index (χ3n) is 6.42. The van der Waals surface area contributed by atoms with Crippen molar-refractivity contribution in [1.29, 1.82) is 0 Å². The van der Waals surface area contributed by atoms with Gasteiger partial charge in [-0.25, -0.2) is 9.97 Å². The molecule has 31 heavy (non-hydrogen) atoms. The minimum Gasteiger partial charge on any atom is -0.493 e. The highest BCUT2D eigenvalue weighted by molar-refractivity contribution is 6.01. The topological polar surface area (TPSA) is 73.3 Å². The van der Waals surface area contributed by atoms with Gasteiger partial charge in [0.1, 0.15) is 11.6 Å². The summed E-state index contributed by atoms with van der Waals surface area (Å²) in [6, 6.07) is 11.8. The molecule has 0 spiro atoms. The average Bonchev–Trinajstić information content (AvgIpc) is 3.47. The van der Waals surface area contributed by atoms with Crippen LogP contribution < -0.4 is 14.8 Å². The number of pyridine rings is 2. The molecule has 0 atom stereocenters. The molecule has 2 aromatic heterocycles. The fourth-order valence-electron chi connectivity index (χ4n) is 4.24. The maximum atomic E-state index is 13.3. The monoisotopic (exact) mass is 415 g/mol. The first-order valence-corrected chi connectivity index (χ1v) is 10.6.